The number of imide groups is 1. The second kappa shape index (κ2) is 11.5. The number of sulfonamides is 1. The van der Waals surface area contributed by atoms with Crippen molar-refractivity contribution in [3.8, 4) is 0 Å². The van der Waals surface area contributed by atoms with E-state index < -0.39 is 57.3 Å². The van der Waals surface area contributed by atoms with Crippen LogP contribution in [0.5, 0.6) is 0 Å². The number of nitrogens with zero attached hydrogens (tertiary/aromatic N) is 7. The second-order valence-electron chi connectivity index (χ2n) is 9.19. The van der Waals surface area contributed by atoms with E-state index in [9.17, 15) is 37.5 Å². The molecule has 5 heterocycles. The molecular formula is C21H23N9O8S4. The Labute approximate surface area is 250 Å². The third-order valence-corrected chi connectivity index (χ3v) is 11.0. The SMILES string of the molecule is Cn1nnnc1SCC1=C(C(=O)O)N2C(=O)C(NC(=O)C(NC(=O)N3CCN(S(C)(=O)=O)C3=O)c3cccs3)[C@@H]2SC1. The summed E-state index contributed by atoms with van der Waals surface area (Å²) in [5.74, 6) is -2.16. The maximum absolute atomic E-state index is 13.4. The van der Waals surface area contributed by atoms with Gasteiger partial charge in [-0.15, -0.1) is 28.2 Å². The van der Waals surface area contributed by atoms with Crippen LogP contribution in [0.25, 0.3) is 0 Å². The molecule has 2 aromatic rings. The summed E-state index contributed by atoms with van der Waals surface area (Å²) in [4.78, 5) is 66.4. The number of rotatable bonds is 9. The van der Waals surface area contributed by atoms with Crippen LogP contribution in [0.15, 0.2) is 33.9 Å². The molecule has 3 N–H and O–H groups in total. The van der Waals surface area contributed by atoms with Crippen LogP contribution in [0.4, 0.5) is 9.59 Å². The summed E-state index contributed by atoms with van der Waals surface area (Å²) in [6.45, 7) is -0.426. The Morgan fingerprint density at radius 2 is 2.02 bits per heavy atom. The molecule has 6 amide bonds. The summed E-state index contributed by atoms with van der Waals surface area (Å²) in [5, 5.41) is 27.6. The van der Waals surface area contributed by atoms with Crippen molar-refractivity contribution in [2.24, 2.45) is 7.05 Å². The third kappa shape index (κ3) is 5.55. The second-order valence-corrected chi connectivity index (χ2v) is 14.1. The topological polar surface area (TPSA) is 217 Å². The molecule has 0 aromatic carbocycles. The molecule has 224 valence electrons. The lowest BCUT2D eigenvalue weighted by atomic mass is 10.0. The molecule has 0 saturated carbocycles. The van der Waals surface area contributed by atoms with Crippen LogP contribution >= 0.6 is 34.9 Å². The van der Waals surface area contributed by atoms with E-state index in [2.05, 4.69) is 26.2 Å². The van der Waals surface area contributed by atoms with E-state index in [1.165, 1.54) is 28.2 Å². The number of carboxylic acid groups (broad SMARTS) is 1. The molecule has 3 aliphatic heterocycles. The molecule has 0 bridgehead atoms. The smallest absolute Gasteiger partial charge is 0.352 e. The number of aliphatic carboxylic acids is 1. The molecule has 0 aliphatic carbocycles. The number of nitrogens with one attached hydrogen (secondary N) is 2. The molecule has 0 spiro atoms. The minimum atomic E-state index is -3.88. The van der Waals surface area contributed by atoms with Gasteiger partial charge in [0.05, 0.1) is 19.3 Å². The van der Waals surface area contributed by atoms with E-state index in [0.29, 0.717) is 24.8 Å². The number of hydrogen-bond acceptors (Lipinski definition) is 13. The Morgan fingerprint density at radius 1 is 1.26 bits per heavy atom. The molecule has 2 saturated heterocycles. The number of thioether (sulfide) groups is 2. The maximum Gasteiger partial charge on any atom is 0.352 e. The Bertz CT molecular complexity index is 1590. The average Bonchev–Trinajstić information content (AvgIpc) is 3.69. The summed E-state index contributed by atoms with van der Waals surface area (Å²) in [6.07, 6.45) is 0.846. The maximum atomic E-state index is 13.4. The van der Waals surface area contributed by atoms with Crippen LogP contribution in [0.2, 0.25) is 0 Å². The van der Waals surface area contributed by atoms with E-state index in [4.69, 9.17) is 0 Å². The molecule has 21 heteroatoms. The molecule has 2 fully saturated rings. The molecule has 3 aliphatic rings. The monoisotopic (exact) mass is 657 g/mol. The number of carbonyl (C=O) groups is 5. The van der Waals surface area contributed by atoms with Gasteiger partial charge in [-0.2, -0.15) is 0 Å². The summed E-state index contributed by atoms with van der Waals surface area (Å²) in [5.41, 5.74) is 0.333. The van der Waals surface area contributed by atoms with Gasteiger partial charge in [0.25, 0.3) is 5.91 Å². The van der Waals surface area contributed by atoms with Crippen LogP contribution in [0, 0.1) is 0 Å². The number of hydrogen-bond donors (Lipinski definition) is 3. The van der Waals surface area contributed by atoms with E-state index >= 15 is 0 Å². The fraction of sp³-hybridized carbons (Fsp3) is 0.429. The summed E-state index contributed by atoms with van der Waals surface area (Å²) >= 11 is 3.65. The molecule has 17 nitrogen and oxygen atoms in total. The molecular weight excluding hydrogens is 635 g/mol. The number of thiophene rings is 1. The Kier molecular flexibility index (Phi) is 8.18. The van der Waals surface area contributed by atoms with Crippen LogP contribution in [-0.4, -0.2) is 120 Å². The number of tetrazole rings is 1. The highest BCUT2D eigenvalue weighted by atomic mass is 32.2. The lowest BCUT2D eigenvalue weighted by Crippen LogP contribution is -2.71. The van der Waals surface area contributed by atoms with Crippen LogP contribution in [0.3, 0.4) is 0 Å². The first kappa shape index (κ1) is 29.8. The van der Waals surface area contributed by atoms with Gasteiger partial charge in [0.15, 0.2) is 0 Å². The summed E-state index contributed by atoms with van der Waals surface area (Å²) < 4.78 is 25.6. The van der Waals surface area contributed by atoms with Gasteiger partial charge in [0.1, 0.15) is 23.2 Å². The van der Waals surface area contributed by atoms with Crippen molar-refractivity contribution < 1.29 is 37.5 Å². The minimum Gasteiger partial charge on any atom is -0.477 e. The zero-order chi connectivity index (χ0) is 30.3. The first-order valence-electron chi connectivity index (χ1n) is 12.1. The minimum absolute atomic E-state index is 0.164. The van der Waals surface area contributed by atoms with Crippen molar-refractivity contribution in [1.82, 2.24) is 44.9 Å². The van der Waals surface area contributed by atoms with Crippen molar-refractivity contribution in [2.45, 2.75) is 22.6 Å². The Balaban J connectivity index is 1.29. The lowest BCUT2D eigenvalue weighted by Gasteiger charge is -2.49. The van der Waals surface area contributed by atoms with E-state index in [0.717, 1.165) is 22.5 Å². The number of aryl methyl sites for hydroxylation is 1. The van der Waals surface area contributed by atoms with Crippen molar-refractivity contribution in [2.75, 3.05) is 30.9 Å². The first-order valence-corrected chi connectivity index (χ1v) is 16.8. The van der Waals surface area contributed by atoms with Crippen molar-refractivity contribution in [3.05, 3.63) is 33.7 Å². The quantitative estimate of drug-likeness (QED) is 0.224. The number of fused-ring (bicyclic) bond motifs is 1. The van der Waals surface area contributed by atoms with Crippen LogP contribution in [0.1, 0.15) is 10.9 Å². The Hall–Kier alpha value is -3.69. The predicted octanol–water partition coefficient (Wildman–Crippen LogP) is -0.750. The van der Waals surface area contributed by atoms with Gasteiger partial charge in [0, 0.05) is 23.4 Å². The summed E-state index contributed by atoms with van der Waals surface area (Å²) in [7, 11) is -2.24. The van der Waals surface area contributed by atoms with Gasteiger partial charge in [-0.1, -0.05) is 17.8 Å². The van der Waals surface area contributed by atoms with Gasteiger partial charge < -0.3 is 15.7 Å². The predicted molar refractivity (Wildman–Crippen MR) is 148 cm³/mol. The van der Waals surface area contributed by atoms with Crippen molar-refractivity contribution in [1.29, 1.82) is 0 Å². The van der Waals surface area contributed by atoms with E-state index in [-0.39, 0.29) is 30.3 Å². The number of urea groups is 2. The standard InChI is InChI=1S/C21H23N9O8S4/c1-27-20(24-25-26-27)41-9-10-8-40-17-13(16(32)30(17)14(10)18(33)34)22-15(31)12(11-4-3-7-39-11)23-19(35)28-5-6-29(21(28)36)42(2,37)38/h3-4,7,12-13,17H,5-6,8-9H2,1-2H3,(H,22,31)(H,23,35)(H,33,34)/t12?,13?,17-/m0/s1. The van der Waals surface area contributed by atoms with Crippen molar-refractivity contribution in [3.63, 3.8) is 0 Å². The fourth-order valence-corrected chi connectivity index (χ4v) is 8.37. The molecule has 3 atom stereocenters. The zero-order valence-corrected chi connectivity index (χ0v) is 25.1. The number of carboxylic acids is 1. The lowest BCUT2D eigenvalue weighted by molar-refractivity contribution is -0.150. The van der Waals surface area contributed by atoms with Gasteiger partial charge in [-0.3, -0.25) is 14.5 Å². The number of carbonyl (C=O) groups excluding carboxylic acids is 4. The summed E-state index contributed by atoms with van der Waals surface area (Å²) in [6, 6.07) is -1.18. The molecule has 5 rings (SSSR count). The zero-order valence-electron chi connectivity index (χ0n) is 21.9. The van der Waals surface area contributed by atoms with Gasteiger partial charge >= 0.3 is 18.0 Å². The van der Waals surface area contributed by atoms with E-state index in [1.54, 1.807) is 24.6 Å². The number of aromatic nitrogens is 4. The normalized spacial score (nSPS) is 21.2. The average molecular weight is 658 g/mol. The largest absolute Gasteiger partial charge is 0.477 e. The van der Waals surface area contributed by atoms with Crippen LogP contribution < -0.4 is 10.6 Å². The number of amides is 6. The first-order chi connectivity index (χ1) is 19.9. The highest BCUT2D eigenvalue weighted by molar-refractivity contribution is 8.01. The Morgan fingerprint density at radius 3 is 2.62 bits per heavy atom. The van der Waals surface area contributed by atoms with Gasteiger partial charge in [-0.25, -0.2) is 36.7 Å². The molecule has 0 radical (unpaired) electrons. The van der Waals surface area contributed by atoms with Gasteiger partial charge in [0.2, 0.25) is 21.1 Å². The highest BCUT2D eigenvalue weighted by Crippen LogP contribution is 2.41. The van der Waals surface area contributed by atoms with Gasteiger partial charge in [-0.05, 0) is 27.4 Å². The molecule has 2 unspecified atom stereocenters. The van der Waals surface area contributed by atoms with E-state index in [1.807, 2.05) is 0 Å². The fourth-order valence-electron chi connectivity index (χ4n) is 4.46. The molecule has 2 aromatic heterocycles. The highest BCUT2D eigenvalue weighted by Gasteiger charge is 2.54. The van der Waals surface area contributed by atoms with Crippen molar-refractivity contribution >= 4 is 74.7 Å². The van der Waals surface area contributed by atoms with Crippen LogP contribution in [-0.2, 0) is 31.5 Å². The number of β-lactam (4-membered cyclic amide) rings is 1. The molecule has 42 heavy (non-hydrogen) atoms. The third-order valence-electron chi connectivity index (χ3n) is 6.48.